The van der Waals surface area contributed by atoms with Gasteiger partial charge in [0.2, 0.25) is 0 Å². The molecule has 0 aromatic heterocycles. The van der Waals surface area contributed by atoms with Crippen molar-refractivity contribution in [3.63, 3.8) is 0 Å². The second-order valence-electron chi connectivity index (χ2n) is 2.83. The fraction of sp³-hybridized carbons (Fsp3) is 0.0909. The van der Waals surface area contributed by atoms with E-state index < -0.39 is 11.7 Å². The first-order valence-electron chi connectivity index (χ1n) is 4.11. The van der Waals surface area contributed by atoms with Gasteiger partial charge in [-0.25, -0.2) is 0 Å². The van der Waals surface area contributed by atoms with Gasteiger partial charge in [-0.3, -0.25) is 0 Å². The van der Waals surface area contributed by atoms with Gasteiger partial charge in [-0.05, 0) is 23.8 Å². The molecule has 1 aromatic rings. The Bertz CT molecular complexity index is 374. The summed E-state index contributed by atoms with van der Waals surface area (Å²) in [5, 5.41) is 0.360. The van der Waals surface area contributed by atoms with Crippen molar-refractivity contribution in [2.45, 2.75) is 6.18 Å². The summed E-state index contributed by atoms with van der Waals surface area (Å²) >= 11 is 5.78. The summed E-state index contributed by atoms with van der Waals surface area (Å²) in [6, 6.07) is 4.64. The lowest BCUT2D eigenvalue weighted by Crippen LogP contribution is -2.04. The number of rotatable bonds is 2. The number of allylic oxidation sites excluding steroid dienone is 2. The first-order valence-corrected chi connectivity index (χ1v) is 4.49. The van der Waals surface area contributed by atoms with E-state index in [4.69, 9.17) is 11.6 Å². The lowest BCUT2D eigenvalue weighted by atomic mass is 10.1. The molecule has 0 unspecified atom stereocenters. The minimum absolute atomic E-state index is 0.360. The third-order valence-corrected chi connectivity index (χ3v) is 2.10. The molecule has 0 heterocycles. The standard InChI is InChI=1S/C11H8ClF3/c1-2-3-10(12)8-4-6-9(7-5-8)11(13,14)15/h2-7H,1H2/b10-3-. The molecule has 0 atom stereocenters. The Labute approximate surface area is 90.7 Å². The molecule has 0 saturated carbocycles. The van der Waals surface area contributed by atoms with E-state index in [9.17, 15) is 13.2 Å². The lowest BCUT2D eigenvalue weighted by Gasteiger charge is -2.06. The van der Waals surface area contributed by atoms with Crippen molar-refractivity contribution < 1.29 is 13.2 Å². The predicted octanol–water partition coefficient (Wildman–Crippen LogP) is 4.47. The molecule has 4 heteroatoms. The van der Waals surface area contributed by atoms with Crippen LogP contribution in [0.1, 0.15) is 11.1 Å². The van der Waals surface area contributed by atoms with Crippen LogP contribution in [0.5, 0.6) is 0 Å². The highest BCUT2D eigenvalue weighted by Gasteiger charge is 2.29. The summed E-state index contributed by atoms with van der Waals surface area (Å²) < 4.78 is 36.6. The zero-order valence-corrected chi connectivity index (χ0v) is 8.44. The molecule has 15 heavy (non-hydrogen) atoms. The minimum Gasteiger partial charge on any atom is -0.166 e. The Kier molecular flexibility index (Phi) is 3.58. The Morgan fingerprint density at radius 1 is 1.20 bits per heavy atom. The van der Waals surface area contributed by atoms with E-state index in [1.54, 1.807) is 0 Å². The van der Waals surface area contributed by atoms with E-state index in [-0.39, 0.29) is 0 Å². The van der Waals surface area contributed by atoms with Gasteiger partial charge in [0, 0.05) is 5.03 Å². The average Bonchev–Trinajstić information content (AvgIpc) is 2.17. The maximum atomic E-state index is 12.2. The maximum Gasteiger partial charge on any atom is 0.416 e. The summed E-state index contributed by atoms with van der Waals surface area (Å²) in [7, 11) is 0. The van der Waals surface area contributed by atoms with Crippen LogP contribution in [-0.4, -0.2) is 0 Å². The van der Waals surface area contributed by atoms with Gasteiger partial charge < -0.3 is 0 Å². The van der Waals surface area contributed by atoms with E-state index in [1.165, 1.54) is 24.3 Å². The van der Waals surface area contributed by atoms with Crippen LogP contribution in [0.15, 0.2) is 43.0 Å². The third-order valence-electron chi connectivity index (χ3n) is 1.75. The van der Waals surface area contributed by atoms with Crippen LogP contribution >= 0.6 is 11.6 Å². The van der Waals surface area contributed by atoms with Crippen LogP contribution in [0.2, 0.25) is 0 Å². The van der Waals surface area contributed by atoms with Crippen molar-refractivity contribution >= 4 is 16.6 Å². The first kappa shape index (κ1) is 11.9. The lowest BCUT2D eigenvalue weighted by molar-refractivity contribution is -0.137. The van der Waals surface area contributed by atoms with Gasteiger partial charge in [0.25, 0.3) is 0 Å². The van der Waals surface area contributed by atoms with Gasteiger partial charge in [0.1, 0.15) is 0 Å². The van der Waals surface area contributed by atoms with Gasteiger partial charge in [-0.1, -0.05) is 36.4 Å². The van der Waals surface area contributed by atoms with Crippen molar-refractivity contribution in [3.05, 3.63) is 54.1 Å². The number of hydrogen-bond donors (Lipinski definition) is 0. The molecule has 0 N–H and O–H groups in total. The van der Waals surface area contributed by atoms with Gasteiger partial charge in [-0.15, -0.1) is 0 Å². The zero-order valence-electron chi connectivity index (χ0n) is 7.68. The molecule has 1 aromatic carbocycles. The number of halogens is 4. The van der Waals surface area contributed by atoms with E-state index in [1.807, 2.05) is 0 Å². The molecule has 0 aliphatic heterocycles. The Morgan fingerprint density at radius 2 is 1.73 bits per heavy atom. The monoisotopic (exact) mass is 232 g/mol. The van der Waals surface area contributed by atoms with Gasteiger partial charge in [0.15, 0.2) is 0 Å². The highest BCUT2D eigenvalue weighted by molar-refractivity contribution is 6.48. The van der Waals surface area contributed by atoms with Crippen molar-refractivity contribution in [3.8, 4) is 0 Å². The largest absolute Gasteiger partial charge is 0.416 e. The Hall–Kier alpha value is -1.22. The van der Waals surface area contributed by atoms with E-state index >= 15 is 0 Å². The normalized spacial score (nSPS) is 12.7. The first-order chi connectivity index (χ1) is 6.95. The van der Waals surface area contributed by atoms with Crippen LogP contribution in [0, 0.1) is 0 Å². The number of benzene rings is 1. The fourth-order valence-corrected chi connectivity index (χ4v) is 1.23. The molecule has 80 valence electrons. The quantitative estimate of drug-likeness (QED) is 0.660. The molecule has 0 saturated heterocycles. The molecule has 1 rings (SSSR count). The van der Waals surface area contributed by atoms with Gasteiger partial charge in [0.05, 0.1) is 5.56 Å². The Balaban J connectivity index is 3.00. The predicted molar refractivity (Wildman–Crippen MR) is 55.5 cm³/mol. The average molecular weight is 233 g/mol. The van der Waals surface area contributed by atoms with E-state index in [0.717, 1.165) is 12.1 Å². The molecule has 0 amide bonds. The topological polar surface area (TPSA) is 0 Å². The second kappa shape index (κ2) is 4.53. The molecule has 0 nitrogen and oxygen atoms in total. The van der Waals surface area contributed by atoms with Crippen LogP contribution < -0.4 is 0 Å². The molecule has 0 aliphatic rings. The van der Waals surface area contributed by atoms with E-state index in [0.29, 0.717) is 10.6 Å². The summed E-state index contributed by atoms with van der Waals surface area (Å²) in [6.45, 7) is 3.44. The minimum atomic E-state index is -4.31. The van der Waals surface area contributed by atoms with Crippen LogP contribution in [0.25, 0.3) is 5.03 Å². The van der Waals surface area contributed by atoms with Crippen LogP contribution in [0.4, 0.5) is 13.2 Å². The van der Waals surface area contributed by atoms with Crippen molar-refractivity contribution in [1.29, 1.82) is 0 Å². The van der Waals surface area contributed by atoms with Gasteiger partial charge >= 0.3 is 6.18 Å². The second-order valence-corrected chi connectivity index (χ2v) is 3.23. The molecular formula is C11H8ClF3. The Morgan fingerprint density at radius 3 is 2.13 bits per heavy atom. The highest BCUT2D eigenvalue weighted by atomic mass is 35.5. The molecule has 0 aliphatic carbocycles. The van der Waals surface area contributed by atoms with Crippen molar-refractivity contribution in [2.24, 2.45) is 0 Å². The van der Waals surface area contributed by atoms with Crippen molar-refractivity contribution in [2.75, 3.05) is 0 Å². The molecule has 0 bridgehead atoms. The maximum absolute atomic E-state index is 12.2. The molecule has 0 radical (unpaired) electrons. The van der Waals surface area contributed by atoms with Crippen LogP contribution in [0.3, 0.4) is 0 Å². The smallest absolute Gasteiger partial charge is 0.166 e. The number of hydrogen-bond acceptors (Lipinski definition) is 0. The highest BCUT2D eigenvalue weighted by Crippen LogP contribution is 2.30. The zero-order chi connectivity index (χ0) is 11.5. The SMILES string of the molecule is C=C/C=C(\Cl)c1ccc(C(F)(F)F)cc1. The van der Waals surface area contributed by atoms with Gasteiger partial charge in [-0.2, -0.15) is 13.2 Å². The summed E-state index contributed by atoms with van der Waals surface area (Å²) in [6.07, 6.45) is -1.32. The summed E-state index contributed by atoms with van der Waals surface area (Å²) in [5.41, 5.74) is -0.154. The number of alkyl halides is 3. The fourth-order valence-electron chi connectivity index (χ4n) is 1.02. The van der Waals surface area contributed by atoms with Crippen LogP contribution in [-0.2, 0) is 6.18 Å². The van der Waals surface area contributed by atoms with Crippen molar-refractivity contribution in [1.82, 2.24) is 0 Å². The molecule has 0 spiro atoms. The summed E-state index contributed by atoms with van der Waals surface area (Å²) in [5.74, 6) is 0. The van der Waals surface area contributed by atoms with E-state index in [2.05, 4.69) is 6.58 Å². The third kappa shape index (κ3) is 3.13. The molecule has 0 fully saturated rings. The summed E-state index contributed by atoms with van der Waals surface area (Å²) in [4.78, 5) is 0. The molecular weight excluding hydrogens is 225 g/mol.